The Morgan fingerprint density at radius 3 is 1.48 bits per heavy atom. The van der Waals surface area contributed by atoms with Gasteiger partial charge in [0, 0.05) is 0 Å². The van der Waals surface area contributed by atoms with Gasteiger partial charge in [0.1, 0.15) is 11.5 Å². The zero-order valence-corrected chi connectivity index (χ0v) is 15.8. The summed E-state index contributed by atoms with van der Waals surface area (Å²) in [6, 6.07) is 22.1. The van der Waals surface area contributed by atoms with E-state index < -0.39 is 0 Å². The molecule has 0 unspecified atom stereocenters. The molecule has 1 aromatic heterocycles. The van der Waals surface area contributed by atoms with Crippen molar-refractivity contribution in [3.63, 3.8) is 0 Å². The van der Waals surface area contributed by atoms with E-state index in [0.717, 1.165) is 21.5 Å². The highest BCUT2D eigenvalue weighted by Gasteiger charge is 2.18. The molecule has 0 aliphatic carbocycles. The van der Waals surface area contributed by atoms with Crippen molar-refractivity contribution < 1.29 is 10.2 Å². The van der Waals surface area contributed by atoms with Gasteiger partial charge < -0.3 is 10.2 Å². The smallest absolute Gasteiger partial charge is 0.226 e. The fraction of sp³-hybridized carbons (Fsp3) is 0. The third kappa shape index (κ3) is 2.92. The second-order valence-corrected chi connectivity index (χ2v) is 6.95. The highest BCUT2D eigenvalue weighted by atomic mass is 35.5. The first-order valence-corrected chi connectivity index (χ1v) is 9.33. The summed E-state index contributed by atoms with van der Waals surface area (Å²) in [5.41, 5.74) is 0.932. The van der Waals surface area contributed by atoms with Gasteiger partial charge >= 0.3 is 0 Å². The summed E-state index contributed by atoms with van der Waals surface area (Å²) in [7, 11) is 0. The third-order valence-corrected chi connectivity index (χ3v) is 5.04. The molecule has 5 nitrogen and oxygen atoms in total. The second-order valence-electron chi connectivity index (χ2n) is 6.61. The minimum atomic E-state index is -0.0235. The lowest BCUT2D eigenvalue weighted by molar-refractivity contribution is 0.477. The summed E-state index contributed by atoms with van der Waals surface area (Å²) in [4.78, 5) is 13.1. The van der Waals surface area contributed by atoms with Crippen LogP contribution in [-0.2, 0) is 0 Å². The number of hydrogen-bond acceptors (Lipinski definition) is 5. The molecule has 0 saturated carbocycles. The van der Waals surface area contributed by atoms with Crippen molar-refractivity contribution in [3.05, 3.63) is 78.1 Å². The molecule has 2 N–H and O–H groups in total. The predicted molar refractivity (Wildman–Crippen MR) is 114 cm³/mol. The van der Waals surface area contributed by atoms with E-state index in [-0.39, 0.29) is 28.4 Å². The molecular weight excluding hydrogens is 386 g/mol. The van der Waals surface area contributed by atoms with Crippen molar-refractivity contribution in [2.45, 2.75) is 0 Å². The Balaban J connectivity index is 1.82. The maximum atomic E-state index is 10.5. The van der Waals surface area contributed by atoms with Crippen LogP contribution in [0, 0.1) is 0 Å². The van der Waals surface area contributed by atoms with Crippen molar-refractivity contribution in [1.29, 1.82) is 0 Å². The van der Waals surface area contributed by atoms with Crippen LogP contribution in [0.1, 0.15) is 0 Å². The Morgan fingerprint density at radius 1 is 0.552 bits per heavy atom. The second kappa shape index (κ2) is 6.72. The molecule has 0 spiro atoms. The van der Waals surface area contributed by atoms with E-state index in [2.05, 4.69) is 15.0 Å². The Bertz CT molecular complexity index is 1300. The number of aromatic hydroxyl groups is 2. The van der Waals surface area contributed by atoms with Crippen molar-refractivity contribution in [1.82, 2.24) is 15.0 Å². The van der Waals surface area contributed by atoms with Crippen molar-refractivity contribution in [2.75, 3.05) is 0 Å². The number of hydrogen-bond donors (Lipinski definition) is 2. The van der Waals surface area contributed by atoms with Crippen molar-refractivity contribution in [2.24, 2.45) is 0 Å². The van der Waals surface area contributed by atoms with Crippen LogP contribution in [0.5, 0.6) is 11.5 Å². The van der Waals surface area contributed by atoms with Gasteiger partial charge in [0.15, 0.2) is 11.6 Å². The summed E-state index contributed by atoms with van der Waals surface area (Å²) >= 11 is 6.23. The van der Waals surface area contributed by atoms with E-state index in [0.29, 0.717) is 11.1 Å². The summed E-state index contributed by atoms with van der Waals surface area (Å²) in [6.07, 6.45) is 0. The van der Waals surface area contributed by atoms with Gasteiger partial charge in [0.25, 0.3) is 0 Å². The van der Waals surface area contributed by atoms with E-state index in [4.69, 9.17) is 11.6 Å². The lowest BCUT2D eigenvalue weighted by atomic mass is 10.0. The molecule has 4 aromatic carbocycles. The standard InChI is InChI=1S/C23H14ClN3O2/c24-23-26-21(19-15-7-3-1-5-13(15)9-11-17(19)28)25-22(27-23)20-16-8-4-2-6-14(16)10-12-18(20)29/h1-12,28-29H. The van der Waals surface area contributed by atoms with Crippen LogP contribution in [0.4, 0.5) is 0 Å². The van der Waals surface area contributed by atoms with Crippen molar-refractivity contribution >= 4 is 33.1 Å². The lowest BCUT2D eigenvalue weighted by Crippen LogP contribution is -1.99. The summed E-state index contributed by atoms with van der Waals surface area (Å²) in [5, 5.41) is 24.5. The van der Waals surface area contributed by atoms with Gasteiger partial charge in [-0.1, -0.05) is 60.7 Å². The molecule has 0 bridgehead atoms. The van der Waals surface area contributed by atoms with E-state index in [1.807, 2.05) is 60.7 Å². The van der Waals surface area contributed by atoms with Crippen molar-refractivity contribution in [3.8, 4) is 34.3 Å². The monoisotopic (exact) mass is 399 g/mol. The SMILES string of the molecule is Oc1ccc2ccccc2c1-c1nc(Cl)nc(-c2c(O)ccc3ccccc23)n1. The van der Waals surface area contributed by atoms with E-state index in [9.17, 15) is 10.2 Å². The van der Waals surface area contributed by atoms with Gasteiger partial charge in [0.05, 0.1) is 11.1 Å². The largest absolute Gasteiger partial charge is 0.507 e. The molecule has 0 saturated heterocycles. The van der Waals surface area contributed by atoms with E-state index >= 15 is 0 Å². The molecule has 0 radical (unpaired) electrons. The number of phenols is 2. The fourth-order valence-corrected chi connectivity index (χ4v) is 3.72. The predicted octanol–water partition coefficient (Wildman–Crippen LogP) is 5.58. The van der Waals surface area contributed by atoms with Crippen LogP contribution in [0.15, 0.2) is 72.8 Å². The normalized spacial score (nSPS) is 11.2. The maximum absolute atomic E-state index is 10.5. The zero-order chi connectivity index (χ0) is 20.0. The van der Waals surface area contributed by atoms with Gasteiger partial charge in [-0.15, -0.1) is 0 Å². The Kier molecular flexibility index (Phi) is 4.03. The average molecular weight is 400 g/mol. The average Bonchev–Trinajstić information content (AvgIpc) is 2.73. The quantitative estimate of drug-likeness (QED) is 0.405. The van der Waals surface area contributed by atoms with Crippen LogP contribution in [-0.4, -0.2) is 25.2 Å². The molecule has 0 aliphatic heterocycles. The fourth-order valence-electron chi connectivity index (χ4n) is 3.56. The minimum absolute atomic E-state index is 0.0235. The van der Waals surface area contributed by atoms with Crippen LogP contribution in [0.2, 0.25) is 5.28 Å². The topological polar surface area (TPSA) is 79.1 Å². The number of benzene rings is 4. The Morgan fingerprint density at radius 2 is 1.00 bits per heavy atom. The van der Waals surface area contributed by atoms with E-state index in [1.165, 1.54) is 0 Å². The first-order valence-electron chi connectivity index (χ1n) is 8.95. The number of nitrogens with zero attached hydrogens (tertiary/aromatic N) is 3. The number of fused-ring (bicyclic) bond motifs is 2. The molecule has 29 heavy (non-hydrogen) atoms. The number of aromatic nitrogens is 3. The van der Waals surface area contributed by atoms with Gasteiger partial charge in [-0.05, 0) is 45.3 Å². The highest BCUT2D eigenvalue weighted by molar-refractivity contribution is 6.28. The minimum Gasteiger partial charge on any atom is -0.507 e. The van der Waals surface area contributed by atoms with Crippen LogP contribution in [0.25, 0.3) is 44.3 Å². The number of rotatable bonds is 2. The first kappa shape index (κ1) is 17.4. The molecular formula is C23H14ClN3O2. The summed E-state index contributed by atoms with van der Waals surface area (Å²) in [6.45, 7) is 0. The molecule has 5 aromatic rings. The molecule has 140 valence electrons. The van der Waals surface area contributed by atoms with Gasteiger partial charge in [-0.3, -0.25) is 0 Å². The highest BCUT2D eigenvalue weighted by Crippen LogP contribution is 2.38. The summed E-state index contributed by atoms with van der Waals surface area (Å²) < 4.78 is 0. The lowest BCUT2D eigenvalue weighted by Gasteiger charge is -2.11. The van der Waals surface area contributed by atoms with Crippen LogP contribution in [0.3, 0.4) is 0 Å². The Labute approximate surface area is 170 Å². The van der Waals surface area contributed by atoms with Gasteiger partial charge in [-0.2, -0.15) is 9.97 Å². The molecule has 0 atom stereocenters. The molecule has 0 amide bonds. The van der Waals surface area contributed by atoms with Gasteiger partial charge in [0.2, 0.25) is 5.28 Å². The zero-order valence-electron chi connectivity index (χ0n) is 15.0. The van der Waals surface area contributed by atoms with Crippen LogP contribution >= 0.6 is 11.6 Å². The molecule has 0 fully saturated rings. The van der Waals surface area contributed by atoms with E-state index in [1.54, 1.807) is 12.1 Å². The number of phenolic OH excluding ortho intramolecular Hbond substituents is 2. The number of halogens is 1. The Hall–Kier alpha value is -3.70. The maximum Gasteiger partial charge on any atom is 0.226 e. The van der Waals surface area contributed by atoms with Gasteiger partial charge in [-0.25, -0.2) is 4.98 Å². The molecule has 5 rings (SSSR count). The third-order valence-electron chi connectivity index (χ3n) is 4.87. The van der Waals surface area contributed by atoms with Crippen LogP contribution < -0.4 is 0 Å². The molecule has 0 aliphatic rings. The first-order chi connectivity index (χ1) is 14.1. The molecule has 1 heterocycles. The molecule has 6 heteroatoms. The summed E-state index contributed by atoms with van der Waals surface area (Å²) in [5.74, 6) is 0.557.